The average Bonchev–Trinajstić information content (AvgIpc) is 2.30. The van der Waals surface area contributed by atoms with Crippen LogP contribution >= 0.6 is 0 Å². The van der Waals surface area contributed by atoms with Crippen molar-refractivity contribution in [3.63, 3.8) is 0 Å². The first-order chi connectivity index (χ1) is 8.03. The highest BCUT2D eigenvalue weighted by Crippen LogP contribution is 2.39. The zero-order valence-electron chi connectivity index (χ0n) is 11.6. The molecule has 0 bridgehead atoms. The van der Waals surface area contributed by atoms with Crippen LogP contribution in [0, 0.1) is 11.3 Å². The van der Waals surface area contributed by atoms with Crippen molar-refractivity contribution in [2.24, 2.45) is 11.3 Å². The molecule has 0 saturated heterocycles. The normalized spacial score (nSPS) is 23.5. The molecule has 0 heterocycles. The van der Waals surface area contributed by atoms with Gasteiger partial charge < -0.3 is 13.9 Å². The minimum atomic E-state index is -0.471. The molecule has 0 N–H and O–H groups in total. The van der Waals surface area contributed by atoms with Crippen molar-refractivity contribution in [1.29, 1.82) is 0 Å². The van der Waals surface area contributed by atoms with Crippen molar-refractivity contribution < 1.29 is 13.9 Å². The number of methoxy groups -OCH3 is 1. The molecule has 17 heavy (non-hydrogen) atoms. The Morgan fingerprint density at radius 2 is 2.12 bits per heavy atom. The molecule has 0 radical (unpaired) electrons. The summed E-state index contributed by atoms with van der Waals surface area (Å²) in [6.07, 6.45) is 4.20. The van der Waals surface area contributed by atoms with Gasteiger partial charge >= 0.3 is 0 Å². The second-order valence-corrected chi connectivity index (χ2v) is 6.70. The maximum atomic E-state index is 5.98. The molecule has 1 aliphatic carbocycles. The van der Waals surface area contributed by atoms with Crippen LogP contribution < -0.4 is 0 Å². The third kappa shape index (κ3) is 3.61. The van der Waals surface area contributed by atoms with Crippen LogP contribution in [0.2, 0.25) is 6.04 Å². The fraction of sp³-hybridized carbons (Fsp3) is 0.692. The smallest absolute Gasteiger partial charge is 0.219 e. The fourth-order valence-electron chi connectivity index (χ4n) is 1.72. The van der Waals surface area contributed by atoms with E-state index in [4.69, 9.17) is 13.9 Å². The molecule has 4 heteroatoms. The fourth-order valence-corrected chi connectivity index (χ4v) is 2.53. The Balaban J connectivity index is 2.86. The van der Waals surface area contributed by atoms with E-state index in [2.05, 4.69) is 33.8 Å². The number of rotatable bonds is 6. The van der Waals surface area contributed by atoms with Gasteiger partial charge in [-0.3, -0.25) is 0 Å². The predicted molar refractivity (Wildman–Crippen MR) is 72.2 cm³/mol. The molecular formula is C13H24O3Si. The Bertz CT molecular complexity index is 308. The van der Waals surface area contributed by atoms with Gasteiger partial charge in [-0.1, -0.05) is 33.8 Å². The highest BCUT2D eigenvalue weighted by molar-refractivity contribution is 6.27. The van der Waals surface area contributed by atoms with E-state index in [1.165, 1.54) is 0 Å². The number of hydrogen-bond donors (Lipinski definition) is 0. The van der Waals surface area contributed by atoms with Crippen molar-refractivity contribution in [2.45, 2.75) is 33.7 Å². The number of ether oxygens (including phenoxy) is 2. The summed E-state index contributed by atoms with van der Waals surface area (Å²) in [5, 5.41) is 0. The summed E-state index contributed by atoms with van der Waals surface area (Å²) in [7, 11) is 1.16. The van der Waals surface area contributed by atoms with E-state index in [0.29, 0.717) is 5.92 Å². The third-order valence-electron chi connectivity index (χ3n) is 3.21. The molecule has 0 saturated carbocycles. The van der Waals surface area contributed by atoms with Crippen molar-refractivity contribution in [3.8, 4) is 0 Å². The lowest BCUT2D eigenvalue weighted by molar-refractivity contribution is 0.00264. The first-order valence-electron chi connectivity index (χ1n) is 6.21. The summed E-state index contributed by atoms with van der Waals surface area (Å²) >= 11 is 0. The molecule has 0 aromatic rings. The summed E-state index contributed by atoms with van der Waals surface area (Å²) in [5.74, 6) is 2.18. The Morgan fingerprint density at radius 1 is 1.41 bits per heavy atom. The van der Waals surface area contributed by atoms with E-state index < -0.39 is 9.76 Å². The van der Waals surface area contributed by atoms with Crippen LogP contribution in [0.4, 0.5) is 0 Å². The molecule has 0 amide bonds. The van der Waals surface area contributed by atoms with Crippen LogP contribution in [-0.4, -0.2) is 23.7 Å². The quantitative estimate of drug-likeness (QED) is 0.540. The molecule has 0 fully saturated rings. The maximum absolute atomic E-state index is 5.98. The number of allylic oxidation sites excluding steroid dienone is 3. The molecule has 1 aliphatic rings. The van der Waals surface area contributed by atoms with E-state index in [9.17, 15) is 0 Å². The molecular weight excluding hydrogens is 232 g/mol. The number of hydrogen-bond acceptors (Lipinski definition) is 3. The van der Waals surface area contributed by atoms with Gasteiger partial charge in [0.25, 0.3) is 0 Å². The van der Waals surface area contributed by atoms with Crippen LogP contribution in [0.15, 0.2) is 23.7 Å². The lowest BCUT2D eigenvalue weighted by Gasteiger charge is -2.34. The maximum Gasteiger partial charge on any atom is 0.219 e. The Labute approximate surface area is 107 Å². The molecule has 1 unspecified atom stereocenters. The van der Waals surface area contributed by atoms with Gasteiger partial charge in [-0.2, -0.15) is 0 Å². The van der Waals surface area contributed by atoms with Crippen LogP contribution in [-0.2, 0) is 13.9 Å². The molecule has 3 nitrogen and oxygen atoms in total. The Hall–Kier alpha value is -0.743. The molecule has 0 aromatic heterocycles. The van der Waals surface area contributed by atoms with Gasteiger partial charge in [0.05, 0.1) is 0 Å². The summed E-state index contributed by atoms with van der Waals surface area (Å²) in [6.45, 7) is 9.07. The van der Waals surface area contributed by atoms with Crippen LogP contribution in [0.25, 0.3) is 0 Å². The third-order valence-corrected chi connectivity index (χ3v) is 4.13. The van der Waals surface area contributed by atoms with Crippen molar-refractivity contribution in [1.82, 2.24) is 0 Å². The van der Waals surface area contributed by atoms with E-state index in [-0.39, 0.29) is 12.2 Å². The summed E-state index contributed by atoms with van der Waals surface area (Å²) in [6, 6.07) is 1.14. The molecule has 0 aromatic carbocycles. The van der Waals surface area contributed by atoms with Crippen molar-refractivity contribution >= 4 is 9.76 Å². The standard InChI is InChI=1S/C13H24O3Si/c1-6-17-16-12-10(2)13(3,4)8-7-11(12)15-9-14-5/h7-8,10H,6,9,17H2,1-5H3. The monoisotopic (exact) mass is 256 g/mol. The van der Waals surface area contributed by atoms with E-state index >= 15 is 0 Å². The highest BCUT2D eigenvalue weighted by Gasteiger charge is 2.32. The van der Waals surface area contributed by atoms with Gasteiger partial charge in [0.1, 0.15) is 5.76 Å². The molecule has 1 atom stereocenters. The van der Waals surface area contributed by atoms with Gasteiger partial charge in [-0.15, -0.1) is 0 Å². The largest absolute Gasteiger partial charge is 0.550 e. The van der Waals surface area contributed by atoms with E-state index in [0.717, 1.165) is 17.6 Å². The predicted octanol–water partition coefficient (Wildman–Crippen LogP) is 2.59. The van der Waals surface area contributed by atoms with Gasteiger partial charge in [0, 0.05) is 13.0 Å². The van der Waals surface area contributed by atoms with Crippen LogP contribution in [0.1, 0.15) is 27.7 Å². The van der Waals surface area contributed by atoms with Crippen molar-refractivity contribution in [2.75, 3.05) is 13.9 Å². The summed E-state index contributed by atoms with van der Waals surface area (Å²) in [5.41, 5.74) is 0.122. The van der Waals surface area contributed by atoms with E-state index in [1.54, 1.807) is 7.11 Å². The molecule has 0 aliphatic heterocycles. The summed E-state index contributed by atoms with van der Waals surface area (Å²) in [4.78, 5) is 0. The SMILES string of the molecule is CC[SiH2]OC1=C(OCOC)C=CC(C)(C)C1C. The highest BCUT2D eigenvalue weighted by atomic mass is 28.2. The topological polar surface area (TPSA) is 27.7 Å². The molecule has 98 valence electrons. The minimum Gasteiger partial charge on any atom is -0.550 e. The zero-order valence-corrected chi connectivity index (χ0v) is 13.0. The first-order valence-corrected chi connectivity index (χ1v) is 7.78. The second kappa shape index (κ2) is 6.26. The minimum absolute atomic E-state index is 0.122. The van der Waals surface area contributed by atoms with Crippen LogP contribution in [0.3, 0.4) is 0 Å². The van der Waals surface area contributed by atoms with E-state index in [1.807, 2.05) is 6.08 Å². The second-order valence-electron chi connectivity index (χ2n) is 5.00. The Kier molecular flexibility index (Phi) is 5.27. The van der Waals surface area contributed by atoms with Gasteiger partial charge in [-0.05, 0) is 17.5 Å². The zero-order chi connectivity index (χ0) is 12.9. The Morgan fingerprint density at radius 3 is 2.71 bits per heavy atom. The van der Waals surface area contributed by atoms with Crippen LogP contribution in [0.5, 0.6) is 0 Å². The average molecular weight is 256 g/mol. The first kappa shape index (κ1) is 14.3. The van der Waals surface area contributed by atoms with Crippen molar-refractivity contribution in [3.05, 3.63) is 23.7 Å². The van der Waals surface area contributed by atoms with Gasteiger partial charge in [-0.25, -0.2) is 0 Å². The van der Waals surface area contributed by atoms with Gasteiger partial charge in [0.2, 0.25) is 9.76 Å². The molecule has 0 spiro atoms. The summed E-state index contributed by atoms with van der Waals surface area (Å²) < 4.78 is 16.5. The van der Waals surface area contributed by atoms with Gasteiger partial charge in [0.15, 0.2) is 12.6 Å². The lowest BCUT2D eigenvalue weighted by Crippen LogP contribution is -2.27. The molecule has 1 rings (SSSR count). The lowest BCUT2D eigenvalue weighted by atomic mass is 9.76.